The summed E-state index contributed by atoms with van der Waals surface area (Å²) in [6.07, 6.45) is 0. The normalized spacial score (nSPS) is 11.9. The van der Waals surface area contributed by atoms with E-state index in [9.17, 15) is 13.6 Å². The van der Waals surface area contributed by atoms with Crippen LogP contribution in [0.15, 0.2) is 54.6 Å². The SMILES string of the molecule is Cc1cc(C)n(Cc2cccc(NC(=O)NC(C)c3ccc(OC(F)F)cc3)c2)n1. The van der Waals surface area contributed by atoms with Gasteiger partial charge >= 0.3 is 12.6 Å². The fourth-order valence-corrected chi connectivity index (χ4v) is 3.14. The molecule has 6 nitrogen and oxygen atoms in total. The van der Waals surface area contributed by atoms with Crippen LogP contribution in [0.2, 0.25) is 0 Å². The maximum absolute atomic E-state index is 12.4. The number of carbonyl (C=O) groups excluding carboxylic acids is 1. The van der Waals surface area contributed by atoms with Gasteiger partial charge < -0.3 is 15.4 Å². The number of nitrogens with zero attached hydrogens (tertiary/aromatic N) is 2. The minimum atomic E-state index is -2.87. The lowest BCUT2D eigenvalue weighted by Gasteiger charge is -2.16. The molecule has 2 N–H and O–H groups in total. The van der Waals surface area contributed by atoms with Crippen LogP contribution >= 0.6 is 0 Å². The molecule has 0 aliphatic rings. The molecule has 1 atom stereocenters. The van der Waals surface area contributed by atoms with Crippen molar-refractivity contribution in [3.63, 3.8) is 0 Å². The third-order valence-electron chi connectivity index (χ3n) is 4.57. The lowest BCUT2D eigenvalue weighted by molar-refractivity contribution is -0.0498. The average molecular weight is 414 g/mol. The van der Waals surface area contributed by atoms with Crippen molar-refractivity contribution in [3.05, 3.63) is 77.1 Å². The van der Waals surface area contributed by atoms with E-state index in [0.717, 1.165) is 22.5 Å². The molecule has 0 aliphatic carbocycles. The van der Waals surface area contributed by atoms with E-state index in [1.807, 2.05) is 55.8 Å². The van der Waals surface area contributed by atoms with E-state index in [0.29, 0.717) is 12.2 Å². The van der Waals surface area contributed by atoms with Gasteiger partial charge in [0.25, 0.3) is 0 Å². The zero-order valence-electron chi connectivity index (χ0n) is 17.0. The van der Waals surface area contributed by atoms with Crippen molar-refractivity contribution in [2.24, 2.45) is 0 Å². The number of rotatable bonds is 7. The van der Waals surface area contributed by atoms with Crippen molar-refractivity contribution in [2.75, 3.05) is 5.32 Å². The molecule has 3 rings (SSSR count). The van der Waals surface area contributed by atoms with Crippen LogP contribution in [-0.2, 0) is 6.54 Å². The molecule has 0 spiro atoms. The molecule has 0 bridgehead atoms. The van der Waals surface area contributed by atoms with Crippen LogP contribution in [0.1, 0.15) is 35.5 Å². The summed E-state index contributed by atoms with van der Waals surface area (Å²) in [4.78, 5) is 12.4. The van der Waals surface area contributed by atoms with E-state index in [2.05, 4.69) is 20.5 Å². The van der Waals surface area contributed by atoms with E-state index in [4.69, 9.17) is 0 Å². The first-order valence-corrected chi connectivity index (χ1v) is 9.52. The lowest BCUT2D eigenvalue weighted by Crippen LogP contribution is -2.31. The molecule has 0 aliphatic heterocycles. The van der Waals surface area contributed by atoms with E-state index in [-0.39, 0.29) is 17.8 Å². The first kappa shape index (κ1) is 21.3. The Bertz CT molecular complexity index is 1000. The Morgan fingerprint density at radius 3 is 2.50 bits per heavy atom. The van der Waals surface area contributed by atoms with E-state index in [1.165, 1.54) is 12.1 Å². The second-order valence-electron chi connectivity index (χ2n) is 7.05. The Kier molecular flexibility index (Phi) is 6.66. The Morgan fingerprint density at radius 2 is 1.87 bits per heavy atom. The highest BCUT2D eigenvalue weighted by Crippen LogP contribution is 2.19. The highest BCUT2D eigenvalue weighted by Gasteiger charge is 2.11. The van der Waals surface area contributed by atoms with E-state index < -0.39 is 6.61 Å². The molecular formula is C22H24F2N4O2. The maximum Gasteiger partial charge on any atom is 0.387 e. The van der Waals surface area contributed by atoms with Crippen molar-refractivity contribution in [2.45, 2.75) is 40.0 Å². The predicted molar refractivity (Wildman–Crippen MR) is 111 cm³/mol. The van der Waals surface area contributed by atoms with Gasteiger partial charge in [-0.2, -0.15) is 13.9 Å². The highest BCUT2D eigenvalue weighted by molar-refractivity contribution is 5.89. The number of ether oxygens (including phenoxy) is 1. The molecule has 1 heterocycles. The topological polar surface area (TPSA) is 68.2 Å². The fourth-order valence-electron chi connectivity index (χ4n) is 3.14. The quantitative estimate of drug-likeness (QED) is 0.570. The summed E-state index contributed by atoms with van der Waals surface area (Å²) in [5, 5.41) is 10.1. The highest BCUT2D eigenvalue weighted by atomic mass is 19.3. The summed E-state index contributed by atoms with van der Waals surface area (Å²) in [6.45, 7) is 3.51. The first-order chi connectivity index (χ1) is 14.3. The third kappa shape index (κ3) is 5.79. The standard InChI is InChI=1S/C22H24F2N4O2/c1-14-11-15(2)28(27-14)13-17-5-4-6-19(12-17)26-22(29)25-16(3)18-7-9-20(10-8-18)30-21(23)24/h4-12,16,21H,13H2,1-3H3,(H2,25,26,29). The minimum absolute atomic E-state index is 0.0739. The summed E-state index contributed by atoms with van der Waals surface area (Å²) >= 11 is 0. The largest absolute Gasteiger partial charge is 0.435 e. The van der Waals surface area contributed by atoms with Gasteiger partial charge in [0.1, 0.15) is 5.75 Å². The molecule has 0 radical (unpaired) electrons. The second kappa shape index (κ2) is 9.39. The number of hydrogen-bond donors (Lipinski definition) is 2. The number of anilines is 1. The van der Waals surface area contributed by atoms with Gasteiger partial charge in [0, 0.05) is 11.4 Å². The average Bonchev–Trinajstić information content (AvgIpc) is 2.98. The number of amides is 2. The molecule has 0 fully saturated rings. The van der Waals surface area contributed by atoms with Gasteiger partial charge in [-0.15, -0.1) is 0 Å². The van der Waals surface area contributed by atoms with Crippen LogP contribution in [0.5, 0.6) is 5.75 Å². The summed E-state index contributed by atoms with van der Waals surface area (Å²) < 4.78 is 30.7. The van der Waals surface area contributed by atoms with Gasteiger partial charge in [-0.05, 0) is 62.2 Å². The summed E-state index contributed by atoms with van der Waals surface area (Å²) in [7, 11) is 0. The molecule has 0 saturated carbocycles. The predicted octanol–water partition coefficient (Wildman–Crippen LogP) is 5.03. The summed E-state index contributed by atoms with van der Waals surface area (Å²) in [6, 6.07) is 15.1. The number of aromatic nitrogens is 2. The van der Waals surface area contributed by atoms with Gasteiger partial charge in [0.15, 0.2) is 0 Å². The van der Waals surface area contributed by atoms with Gasteiger partial charge in [-0.1, -0.05) is 24.3 Å². The molecular weight excluding hydrogens is 390 g/mol. The lowest BCUT2D eigenvalue weighted by atomic mass is 10.1. The molecule has 158 valence electrons. The van der Waals surface area contributed by atoms with Crippen LogP contribution in [0.3, 0.4) is 0 Å². The van der Waals surface area contributed by atoms with Crippen molar-refractivity contribution in [1.29, 1.82) is 0 Å². The zero-order chi connectivity index (χ0) is 21.7. The monoisotopic (exact) mass is 414 g/mol. The third-order valence-corrected chi connectivity index (χ3v) is 4.57. The second-order valence-corrected chi connectivity index (χ2v) is 7.05. The van der Waals surface area contributed by atoms with Crippen molar-refractivity contribution >= 4 is 11.7 Å². The Labute approximate surface area is 173 Å². The number of hydrogen-bond acceptors (Lipinski definition) is 3. The number of halogens is 2. The van der Waals surface area contributed by atoms with Crippen molar-refractivity contribution in [1.82, 2.24) is 15.1 Å². The number of benzene rings is 2. The van der Waals surface area contributed by atoms with Crippen molar-refractivity contribution < 1.29 is 18.3 Å². The number of nitrogens with one attached hydrogen (secondary N) is 2. The summed E-state index contributed by atoms with van der Waals surface area (Å²) in [5.74, 6) is 0.0739. The smallest absolute Gasteiger partial charge is 0.387 e. The number of carbonyl (C=O) groups is 1. The maximum atomic E-state index is 12.4. The number of urea groups is 1. The molecule has 0 saturated heterocycles. The van der Waals surface area contributed by atoms with Crippen LogP contribution in [0.25, 0.3) is 0 Å². The van der Waals surface area contributed by atoms with Gasteiger partial charge in [-0.3, -0.25) is 4.68 Å². The van der Waals surface area contributed by atoms with Crippen LogP contribution in [-0.4, -0.2) is 22.4 Å². The summed E-state index contributed by atoms with van der Waals surface area (Å²) in [5.41, 5.74) is 4.48. The molecule has 1 unspecified atom stereocenters. The van der Waals surface area contributed by atoms with Crippen LogP contribution in [0.4, 0.5) is 19.3 Å². The first-order valence-electron chi connectivity index (χ1n) is 9.52. The molecule has 3 aromatic rings. The van der Waals surface area contributed by atoms with Crippen molar-refractivity contribution in [3.8, 4) is 5.75 Å². The molecule has 2 aromatic carbocycles. The van der Waals surface area contributed by atoms with E-state index >= 15 is 0 Å². The van der Waals surface area contributed by atoms with Crippen LogP contribution < -0.4 is 15.4 Å². The van der Waals surface area contributed by atoms with Gasteiger partial charge in [0.05, 0.1) is 18.3 Å². The Hall–Kier alpha value is -3.42. The van der Waals surface area contributed by atoms with Crippen LogP contribution in [0, 0.1) is 13.8 Å². The van der Waals surface area contributed by atoms with Gasteiger partial charge in [0.2, 0.25) is 0 Å². The Balaban J connectivity index is 1.58. The van der Waals surface area contributed by atoms with E-state index in [1.54, 1.807) is 12.1 Å². The molecule has 30 heavy (non-hydrogen) atoms. The molecule has 2 amide bonds. The molecule has 8 heteroatoms. The number of aryl methyl sites for hydroxylation is 2. The molecule has 1 aromatic heterocycles. The fraction of sp³-hybridized carbons (Fsp3) is 0.273. The van der Waals surface area contributed by atoms with Gasteiger partial charge in [-0.25, -0.2) is 4.79 Å². The zero-order valence-corrected chi connectivity index (χ0v) is 17.0. The number of alkyl halides is 2. The Morgan fingerprint density at radius 1 is 1.13 bits per heavy atom. The minimum Gasteiger partial charge on any atom is -0.435 e.